The first-order chi connectivity index (χ1) is 17.9. The fourth-order valence-corrected chi connectivity index (χ4v) is 3.92. The van der Waals surface area contributed by atoms with Gasteiger partial charge in [0.2, 0.25) is 5.88 Å². The molecule has 1 N–H and O–H groups in total. The molecule has 1 aliphatic rings. The molecule has 0 aromatic carbocycles. The van der Waals surface area contributed by atoms with Crippen LogP contribution in [0.3, 0.4) is 0 Å². The van der Waals surface area contributed by atoms with Gasteiger partial charge >= 0.3 is 0 Å². The SMILES string of the molecule is C[C@H](CO)N1C[C@H](C)[C@@H](CN(C)C(=O)c2cnccn2)Oc2ncc(C#Cc3ccccn3)cc2C1=O. The Morgan fingerprint density at radius 1 is 1.22 bits per heavy atom. The number of hydrogen-bond donors (Lipinski definition) is 1. The van der Waals surface area contributed by atoms with Gasteiger partial charge in [0.05, 0.1) is 25.4 Å². The Balaban J connectivity index is 1.65. The number of carbonyl (C=O) groups is 2. The lowest BCUT2D eigenvalue weighted by Gasteiger charge is -2.37. The van der Waals surface area contributed by atoms with Crippen LogP contribution in [0, 0.1) is 17.8 Å². The van der Waals surface area contributed by atoms with Gasteiger partial charge in [-0.1, -0.05) is 18.9 Å². The predicted octanol–water partition coefficient (Wildman–Crippen LogP) is 1.66. The first kappa shape index (κ1) is 25.7. The monoisotopic (exact) mass is 500 g/mol. The van der Waals surface area contributed by atoms with Crippen LogP contribution in [-0.4, -0.2) is 85.5 Å². The Morgan fingerprint density at radius 3 is 2.76 bits per heavy atom. The summed E-state index contributed by atoms with van der Waals surface area (Å²) >= 11 is 0. The number of aromatic nitrogens is 4. The van der Waals surface area contributed by atoms with Crippen molar-refractivity contribution >= 4 is 11.8 Å². The number of nitrogens with zero attached hydrogens (tertiary/aromatic N) is 6. The fourth-order valence-electron chi connectivity index (χ4n) is 3.92. The molecule has 2 amide bonds. The number of likely N-dealkylation sites (N-methyl/N-ethyl adjacent to an activating group) is 1. The molecule has 0 saturated heterocycles. The average Bonchev–Trinajstić information content (AvgIpc) is 2.94. The Hall–Kier alpha value is -4.36. The highest BCUT2D eigenvalue weighted by atomic mass is 16.5. The summed E-state index contributed by atoms with van der Waals surface area (Å²) in [5.74, 6) is 5.34. The second-order valence-corrected chi connectivity index (χ2v) is 8.94. The Bertz CT molecular complexity index is 1310. The summed E-state index contributed by atoms with van der Waals surface area (Å²) in [6.07, 6.45) is 7.09. The summed E-state index contributed by atoms with van der Waals surface area (Å²) in [5.41, 5.74) is 1.59. The van der Waals surface area contributed by atoms with Crippen molar-refractivity contribution in [2.75, 3.05) is 26.7 Å². The van der Waals surface area contributed by atoms with E-state index >= 15 is 0 Å². The smallest absolute Gasteiger partial charge is 0.273 e. The van der Waals surface area contributed by atoms with E-state index in [-0.39, 0.29) is 48.0 Å². The molecule has 0 bridgehead atoms. The molecule has 10 nitrogen and oxygen atoms in total. The summed E-state index contributed by atoms with van der Waals surface area (Å²) in [6, 6.07) is 6.65. The number of ether oxygens (including phenoxy) is 1. The van der Waals surface area contributed by atoms with Crippen molar-refractivity contribution in [3.63, 3.8) is 0 Å². The number of carbonyl (C=O) groups excluding carboxylic acids is 2. The van der Waals surface area contributed by atoms with Crippen molar-refractivity contribution in [3.05, 3.63) is 77.8 Å². The number of pyridine rings is 2. The summed E-state index contributed by atoms with van der Waals surface area (Å²) in [7, 11) is 1.66. The van der Waals surface area contributed by atoms with Crippen molar-refractivity contribution in [2.45, 2.75) is 26.0 Å². The summed E-state index contributed by atoms with van der Waals surface area (Å²) in [5, 5.41) is 9.84. The Morgan fingerprint density at radius 2 is 2.05 bits per heavy atom. The molecule has 3 aromatic rings. The maximum absolute atomic E-state index is 13.5. The van der Waals surface area contributed by atoms with Gasteiger partial charge < -0.3 is 19.6 Å². The highest BCUT2D eigenvalue weighted by molar-refractivity contribution is 5.97. The Kier molecular flexibility index (Phi) is 8.05. The van der Waals surface area contributed by atoms with E-state index in [1.54, 1.807) is 49.5 Å². The maximum atomic E-state index is 13.5. The minimum Gasteiger partial charge on any atom is -0.472 e. The van der Waals surface area contributed by atoms with E-state index in [0.717, 1.165) is 0 Å². The predicted molar refractivity (Wildman–Crippen MR) is 135 cm³/mol. The van der Waals surface area contributed by atoms with E-state index in [4.69, 9.17) is 4.74 Å². The van der Waals surface area contributed by atoms with Gasteiger partial charge in [0.25, 0.3) is 11.8 Å². The van der Waals surface area contributed by atoms with E-state index in [1.165, 1.54) is 23.5 Å². The van der Waals surface area contributed by atoms with E-state index in [2.05, 4.69) is 31.8 Å². The van der Waals surface area contributed by atoms with Crippen LogP contribution < -0.4 is 4.74 Å². The number of hydrogen-bond acceptors (Lipinski definition) is 8. The van der Waals surface area contributed by atoms with Crippen molar-refractivity contribution in [3.8, 4) is 17.7 Å². The molecule has 0 spiro atoms. The van der Waals surface area contributed by atoms with Crippen LogP contribution in [0.25, 0.3) is 0 Å². The van der Waals surface area contributed by atoms with Gasteiger partial charge in [-0.05, 0) is 31.0 Å². The number of fused-ring (bicyclic) bond motifs is 1. The van der Waals surface area contributed by atoms with Crippen molar-refractivity contribution in [2.24, 2.45) is 5.92 Å². The van der Waals surface area contributed by atoms with Crippen LogP contribution >= 0.6 is 0 Å². The molecule has 0 unspecified atom stereocenters. The first-order valence-electron chi connectivity index (χ1n) is 11.9. The minimum atomic E-state index is -0.483. The van der Waals surface area contributed by atoms with E-state index in [1.807, 2.05) is 13.0 Å². The van der Waals surface area contributed by atoms with E-state index in [0.29, 0.717) is 17.8 Å². The third kappa shape index (κ3) is 6.08. The van der Waals surface area contributed by atoms with E-state index < -0.39 is 12.1 Å². The molecule has 0 fully saturated rings. The molecule has 1 aliphatic heterocycles. The van der Waals surface area contributed by atoms with Gasteiger partial charge in [0.15, 0.2) is 0 Å². The van der Waals surface area contributed by atoms with Gasteiger partial charge in [0, 0.05) is 49.9 Å². The molecular weight excluding hydrogens is 472 g/mol. The number of rotatable bonds is 5. The molecular formula is C27H28N6O4. The zero-order valence-corrected chi connectivity index (χ0v) is 20.9. The third-order valence-electron chi connectivity index (χ3n) is 6.10. The lowest BCUT2D eigenvalue weighted by Crippen LogP contribution is -2.50. The second-order valence-electron chi connectivity index (χ2n) is 8.94. The van der Waals surface area contributed by atoms with Crippen molar-refractivity contribution < 1.29 is 19.4 Å². The van der Waals surface area contributed by atoms with Gasteiger partial charge in [-0.15, -0.1) is 0 Å². The topological polar surface area (TPSA) is 122 Å². The third-order valence-corrected chi connectivity index (χ3v) is 6.10. The molecule has 4 rings (SSSR count). The lowest BCUT2D eigenvalue weighted by molar-refractivity contribution is 0.0312. The normalized spacial score (nSPS) is 17.8. The van der Waals surface area contributed by atoms with Crippen LogP contribution in [-0.2, 0) is 0 Å². The number of aliphatic hydroxyl groups is 1. The van der Waals surface area contributed by atoms with Crippen LogP contribution in [0.5, 0.6) is 5.88 Å². The number of amides is 2. The molecule has 0 radical (unpaired) electrons. The molecule has 0 saturated carbocycles. The highest BCUT2D eigenvalue weighted by Gasteiger charge is 2.35. The molecule has 0 aliphatic carbocycles. The summed E-state index contributed by atoms with van der Waals surface area (Å²) in [6.45, 7) is 4.07. The molecule has 4 heterocycles. The van der Waals surface area contributed by atoms with Crippen molar-refractivity contribution in [1.82, 2.24) is 29.7 Å². The van der Waals surface area contributed by atoms with E-state index in [9.17, 15) is 14.7 Å². The lowest BCUT2D eigenvalue weighted by atomic mass is 9.99. The summed E-state index contributed by atoms with van der Waals surface area (Å²) in [4.78, 5) is 46.2. The zero-order valence-electron chi connectivity index (χ0n) is 20.9. The van der Waals surface area contributed by atoms with Crippen LogP contribution in [0.4, 0.5) is 0 Å². The van der Waals surface area contributed by atoms with Crippen LogP contribution in [0.1, 0.15) is 46.0 Å². The number of aliphatic hydroxyl groups excluding tert-OH is 1. The van der Waals surface area contributed by atoms with Gasteiger partial charge in [-0.25, -0.2) is 15.0 Å². The second kappa shape index (κ2) is 11.6. The maximum Gasteiger partial charge on any atom is 0.273 e. The van der Waals surface area contributed by atoms with Crippen molar-refractivity contribution in [1.29, 1.82) is 0 Å². The standard InChI is InChI=1S/C27H28N6O4/c1-18-15-33(19(2)17-34)26(35)22-12-20(7-8-21-6-4-5-9-29-21)13-31-25(22)37-24(18)16-32(3)27(36)23-14-28-10-11-30-23/h4-6,9-14,18-19,24,34H,15-17H2,1-3H3/t18-,19+,24+/m0/s1. The molecule has 3 aromatic heterocycles. The first-order valence-corrected chi connectivity index (χ1v) is 11.9. The van der Waals surface area contributed by atoms with Crippen LogP contribution in [0.2, 0.25) is 0 Å². The Labute approximate surface area is 215 Å². The average molecular weight is 501 g/mol. The molecule has 3 atom stereocenters. The van der Waals surface area contributed by atoms with Gasteiger partial charge in [-0.3, -0.25) is 14.6 Å². The fraction of sp³-hybridized carbons (Fsp3) is 0.333. The molecule has 10 heteroatoms. The molecule has 37 heavy (non-hydrogen) atoms. The molecule has 190 valence electrons. The summed E-state index contributed by atoms with van der Waals surface area (Å²) < 4.78 is 6.24. The quantitative estimate of drug-likeness (QED) is 0.525. The minimum absolute atomic E-state index is 0.153. The highest BCUT2D eigenvalue weighted by Crippen LogP contribution is 2.27. The van der Waals surface area contributed by atoms with Gasteiger partial charge in [0.1, 0.15) is 23.1 Å². The van der Waals surface area contributed by atoms with Gasteiger partial charge in [-0.2, -0.15) is 0 Å². The largest absolute Gasteiger partial charge is 0.472 e. The van der Waals surface area contributed by atoms with Crippen LogP contribution in [0.15, 0.2) is 55.2 Å². The zero-order chi connectivity index (χ0) is 26.4.